The average Bonchev–Trinajstić information content (AvgIpc) is 3.22. The number of carbonyl (C=O) groups excluding carboxylic acids is 3. The maximum atomic E-state index is 12.5. The van der Waals surface area contributed by atoms with Crippen molar-refractivity contribution < 1.29 is 14.4 Å². The van der Waals surface area contributed by atoms with Crippen molar-refractivity contribution in [2.45, 2.75) is 6.42 Å². The lowest BCUT2D eigenvalue weighted by molar-refractivity contribution is -0.123. The number of hydrogen-bond donors (Lipinski definition) is 2. The van der Waals surface area contributed by atoms with Crippen molar-refractivity contribution >= 4 is 46.3 Å². The van der Waals surface area contributed by atoms with Crippen LogP contribution in [0.5, 0.6) is 0 Å². The van der Waals surface area contributed by atoms with E-state index in [1.807, 2.05) is 23.6 Å². The highest BCUT2D eigenvalue weighted by Gasteiger charge is 2.22. The standard InChI is InChI=1S/C22H19ClN4O3S/c23-18-4-2-1-3-17(18)21-26-16(13-31-21)11-19(28)25-15-7-5-14(6-8-15)22(30)27-10-9-24-20(29)12-27/h1-8,13H,9-12H2,(H,24,29)(H,25,28). The second-order valence-corrected chi connectivity index (χ2v) is 8.27. The van der Waals surface area contributed by atoms with Crippen LogP contribution in [0.2, 0.25) is 5.02 Å². The Morgan fingerprint density at radius 2 is 1.94 bits per heavy atom. The van der Waals surface area contributed by atoms with Crippen LogP contribution in [0, 0.1) is 0 Å². The van der Waals surface area contributed by atoms with Gasteiger partial charge in [-0.25, -0.2) is 4.98 Å². The number of anilines is 1. The molecule has 0 radical (unpaired) electrons. The highest BCUT2D eigenvalue weighted by molar-refractivity contribution is 7.13. The van der Waals surface area contributed by atoms with E-state index < -0.39 is 0 Å². The van der Waals surface area contributed by atoms with Crippen molar-refractivity contribution in [1.82, 2.24) is 15.2 Å². The third kappa shape index (κ3) is 5.10. The summed E-state index contributed by atoms with van der Waals surface area (Å²) >= 11 is 7.65. The minimum atomic E-state index is -0.206. The molecule has 3 aromatic rings. The third-order valence-electron chi connectivity index (χ3n) is 4.74. The zero-order valence-corrected chi connectivity index (χ0v) is 18.0. The molecule has 9 heteroatoms. The van der Waals surface area contributed by atoms with Crippen LogP contribution in [0.4, 0.5) is 5.69 Å². The fourth-order valence-corrected chi connectivity index (χ4v) is 4.35. The van der Waals surface area contributed by atoms with E-state index in [9.17, 15) is 14.4 Å². The molecule has 1 aliphatic rings. The molecule has 2 N–H and O–H groups in total. The SMILES string of the molecule is O=C1CN(C(=O)c2ccc(NC(=O)Cc3csc(-c4ccccc4Cl)n3)cc2)CCN1. The Balaban J connectivity index is 1.35. The Kier molecular flexibility index (Phi) is 6.29. The Hall–Kier alpha value is -3.23. The molecule has 1 fully saturated rings. The van der Waals surface area contributed by atoms with Crippen LogP contribution in [0.1, 0.15) is 16.1 Å². The van der Waals surface area contributed by atoms with Gasteiger partial charge in [0.25, 0.3) is 5.91 Å². The van der Waals surface area contributed by atoms with Gasteiger partial charge in [-0.1, -0.05) is 29.8 Å². The van der Waals surface area contributed by atoms with Gasteiger partial charge in [-0.2, -0.15) is 0 Å². The van der Waals surface area contributed by atoms with Crippen LogP contribution in [-0.4, -0.2) is 47.2 Å². The van der Waals surface area contributed by atoms with Crippen LogP contribution >= 0.6 is 22.9 Å². The van der Waals surface area contributed by atoms with Gasteiger partial charge in [0.15, 0.2) is 0 Å². The molecule has 1 saturated heterocycles. The van der Waals surface area contributed by atoms with Gasteiger partial charge in [-0.05, 0) is 30.3 Å². The third-order valence-corrected chi connectivity index (χ3v) is 5.99. The second kappa shape index (κ2) is 9.28. The summed E-state index contributed by atoms with van der Waals surface area (Å²) in [5.74, 6) is -0.576. The molecule has 0 bridgehead atoms. The van der Waals surface area contributed by atoms with Crippen molar-refractivity contribution in [2.75, 3.05) is 25.0 Å². The lowest BCUT2D eigenvalue weighted by Gasteiger charge is -2.26. The quantitative estimate of drug-likeness (QED) is 0.619. The smallest absolute Gasteiger partial charge is 0.254 e. The monoisotopic (exact) mass is 454 g/mol. The van der Waals surface area contributed by atoms with Gasteiger partial charge in [0, 0.05) is 35.3 Å². The second-order valence-electron chi connectivity index (χ2n) is 7.00. The first kappa shape index (κ1) is 21.0. The fraction of sp³-hybridized carbons (Fsp3) is 0.182. The summed E-state index contributed by atoms with van der Waals surface area (Å²) in [6.45, 7) is 0.988. The van der Waals surface area contributed by atoms with Crippen LogP contribution in [0.15, 0.2) is 53.9 Å². The summed E-state index contributed by atoms with van der Waals surface area (Å²) in [6.07, 6.45) is 0.129. The van der Waals surface area contributed by atoms with Gasteiger partial charge in [0.05, 0.1) is 23.7 Å². The molecule has 2 aromatic carbocycles. The molecule has 3 amide bonds. The van der Waals surface area contributed by atoms with Crippen LogP contribution in [0.3, 0.4) is 0 Å². The summed E-state index contributed by atoms with van der Waals surface area (Å²) in [6, 6.07) is 14.1. The minimum absolute atomic E-state index is 0.0567. The zero-order valence-electron chi connectivity index (χ0n) is 16.4. The predicted octanol–water partition coefficient (Wildman–Crippen LogP) is 3.22. The van der Waals surface area contributed by atoms with Gasteiger partial charge in [-0.15, -0.1) is 11.3 Å². The molecule has 31 heavy (non-hydrogen) atoms. The molecule has 0 atom stereocenters. The van der Waals surface area contributed by atoms with Gasteiger partial charge in [0.1, 0.15) is 5.01 Å². The number of hydrogen-bond acceptors (Lipinski definition) is 5. The fourth-order valence-electron chi connectivity index (χ4n) is 3.21. The predicted molar refractivity (Wildman–Crippen MR) is 120 cm³/mol. The molecule has 1 aromatic heterocycles. The number of thiazole rings is 1. The number of halogens is 1. The van der Waals surface area contributed by atoms with Gasteiger partial charge < -0.3 is 15.5 Å². The molecule has 0 unspecified atom stereocenters. The number of nitrogens with one attached hydrogen (secondary N) is 2. The van der Waals surface area contributed by atoms with Crippen LogP contribution in [0.25, 0.3) is 10.6 Å². The Labute approximate surface area is 188 Å². The van der Waals surface area contributed by atoms with E-state index in [2.05, 4.69) is 15.6 Å². The number of carbonyl (C=O) groups is 3. The summed E-state index contributed by atoms with van der Waals surface area (Å²) in [7, 11) is 0. The summed E-state index contributed by atoms with van der Waals surface area (Å²) < 4.78 is 0. The van der Waals surface area contributed by atoms with Crippen molar-refractivity contribution in [2.24, 2.45) is 0 Å². The van der Waals surface area contributed by atoms with E-state index in [1.165, 1.54) is 16.2 Å². The molecule has 0 aliphatic carbocycles. The summed E-state index contributed by atoms with van der Waals surface area (Å²) in [5, 5.41) is 8.73. The lowest BCUT2D eigenvalue weighted by Crippen LogP contribution is -2.49. The number of amides is 3. The van der Waals surface area contributed by atoms with E-state index in [4.69, 9.17) is 11.6 Å². The van der Waals surface area contributed by atoms with Crippen molar-refractivity contribution in [3.63, 3.8) is 0 Å². The van der Waals surface area contributed by atoms with Crippen LogP contribution in [-0.2, 0) is 16.0 Å². The minimum Gasteiger partial charge on any atom is -0.353 e. The summed E-state index contributed by atoms with van der Waals surface area (Å²) in [5.41, 5.74) is 2.55. The molecule has 7 nitrogen and oxygen atoms in total. The molecule has 2 heterocycles. The Bertz CT molecular complexity index is 1130. The molecule has 0 saturated carbocycles. The molecule has 0 spiro atoms. The topological polar surface area (TPSA) is 91.4 Å². The first-order chi connectivity index (χ1) is 15.0. The number of piperazine rings is 1. The molecular formula is C22H19ClN4O3S. The van der Waals surface area contributed by atoms with E-state index in [0.29, 0.717) is 35.1 Å². The maximum absolute atomic E-state index is 12.5. The first-order valence-corrected chi connectivity index (χ1v) is 10.9. The molecule has 158 valence electrons. The Morgan fingerprint density at radius 3 is 2.68 bits per heavy atom. The lowest BCUT2D eigenvalue weighted by atomic mass is 10.1. The number of rotatable bonds is 5. The van der Waals surface area contributed by atoms with E-state index >= 15 is 0 Å². The van der Waals surface area contributed by atoms with E-state index in [1.54, 1.807) is 30.3 Å². The average molecular weight is 455 g/mol. The van der Waals surface area contributed by atoms with Gasteiger partial charge >= 0.3 is 0 Å². The highest BCUT2D eigenvalue weighted by atomic mass is 35.5. The molecule has 1 aliphatic heterocycles. The first-order valence-electron chi connectivity index (χ1n) is 9.65. The molecular weight excluding hydrogens is 436 g/mol. The van der Waals surface area contributed by atoms with E-state index in [-0.39, 0.29) is 30.7 Å². The maximum Gasteiger partial charge on any atom is 0.254 e. The van der Waals surface area contributed by atoms with Crippen LogP contribution < -0.4 is 10.6 Å². The van der Waals surface area contributed by atoms with Crippen molar-refractivity contribution in [3.8, 4) is 10.6 Å². The largest absolute Gasteiger partial charge is 0.353 e. The highest BCUT2D eigenvalue weighted by Crippen LogP contribution is 2.30. The normalized spacial score (nSPS) is 13.6. The van der Waals surface area contributed by atoms with Gasteiger partial charge in [-0.3, -0.25) is 14.4 Å². The number of nitrogens with zero attached hydrogens (tertiary/aromatic N) is 2. The number of aromatic nitrogens is 1. The summed E-state index contributed by atoms with van der Waals surface area (Å²) in [4.78, 5) is 42.4. The zero-order chi connectivity index (χ0) is 21.8. The van der Waals surface area contributed by atoms with Crippen molar-refractivity contribution in [3.05, 3.63) is 70.2 Å². The number of benzene rings is 2. The Morgan fingerprint density at radius 1 is 1.16 bits per heavy atom. The van der Waals surface area contributed by atoms with Gasteiger partial charge in [0.2, 0.25) is 11.8 Å². The van der Waals surface area contributed by atoms with Crippen molar-refractivity contribution in [1.29, 1.82) is 0 Å². The van der Waals surface area contributed by atoms with E-state index in [0.717, 1.165) is 10.6 Å². The molecule has 4 rings (SSSR count).